The number of carbonyl (C=O) groups is 1. The van der Waals surface area contributed by atoms with Gasteiger partial charge in [-0.05, 0) is 62.9 Å². The van der Waals surface area contributed by atoms with E-state index < -0.39 is 0 Å². The van der Waals surface area contributed by atoms with Gasteiger partial charge in [-0.3, -0.25) is 4.79 Å². The molecule has 2 heterocycles. The molecule has 4 nitrogen and oxygen atoms in total. The quantitative estimate of drug-likeness (QED) is 0.922. The number of nitrogens with one attached hydrogen (secondary N) is 1. The van der Waals surface area contributed by atoms with Crippen LogP contribution in [0.1, 0.15) is 38.2 Å². The van der Waals surface area contributed by atoms with Crippen molar-refractivity contribution >= 4 is 11.6 Å². The van der Waals surface area contributed by atoms with E-state index in [1.165, 1.54) is 24.1 Å². The second-order valence-corrected chi connectivity index (χ2v) is 7.68. The van der Waals surface area contributed by atoms with Gasteiger partial charge in [0, 0.05) is 31.9 Å². The summed E-state index contributed by atoms with van der Waals surface area (Å²) in [6.07, 6.45) is 4.77. The summed E-state index contributed by atoms with van der Waals surface area (Å²) in [7, 11) is 2.10. The number of benzene rings is 1. The first kappa shape index (κ1) is 17.3. The van der Waals surface area contributed by atoms with Gasteiger partial charge in [-0.15, -0.1) is 0 Å². The molecule has 0 aromatic heterocycles. The van der Waals surface area contributed by atoms with Crippen LogP contribution in [-0.2, 0) is 11.3 Å². The molecule has 1 amide bonds. The summed E-state index contributed by atoms with van der Waals surface area (Å²) in [5, 5.41) is 3.12. The molecule has 2 fully saturated rings. The van der Waals surface area contributed by atoms with E-state index >= 15 is 0 Å². The van der Waals surface area contributed by atoms with Crippen LogP contribution in [0.25, 0.3) is 0 Å². The van der Waals surface area contributed by atoms with E-state index in [4.69, 9.17) is 0 Å². The molecule has 0 aliphatic carbocycles. The first-order valence-corrected chi connectivity index (χ1v) is 9.42. The van der Waals surface area contributed by atoms with Crippen molar-refractivity contribution in [3.63, 3.8) is 0 Å². The van der Waals surface area contributed by atoms with Gasteiger partial charge < -0.3 is 15.1 Å². The number of carbonyl (C=O) groups excluding carboxylic acids is 1. The van der Waals surface area contributed by atoms with E-state index in [-0.39, 0.29) is 11.8 Å². The minimum atomic E-state index is 0.151. The maximum absolute atomic E-state index is 12.3. The van der Waals surface area contributed by atoms with Gasteiger partial charge in [0.2, 0.25) is 5.91 Å². The monoisotopic (exact) mass is 329 g/mol. The van der Waals surface area contributed by atoms with Crippen LogP contribution >= 0.6 is 0 Å². The summed E-state index contributed by atoms with van der Waals surface area (Å²) in [5.74, 6) is 1.14. The van der Waals surface area contributed by atoms with Gasteiger partial charge in [0.05, 0.1) is 5.92 Å². The lowest BCUT2D eigenvalue weighted by Gasteiger charge is -2.32. The summed E-state index contributed by atoms with van der Waals surface area (Å²) in [4.78, 5) is 17.1. The molecule has 4 heteroatoms. The van der Waals surface area contributed by atoms with Crippen LogP contribution in [0.3, 0.4) is 0 Å². The predicted octanol–water partition coefficient (Wildman–Crippen LogP) is 2.88. The lowest BCUT2D eigenvalue weighted by Crippen LogP contribution is -2.41. The minimum Gasteiger partial charge on any atom is -0.371 e. The van der Waals surface area contributed by atoms with Crippen LogP contribution in [0.4, 0.5) is 5.69 Å². The van der Waals surface area contributed by atoms with E-state index in [1.807, 2.05) is 0 Å². The number of piperidine rings is 2. The maximum atomic E-state index is 12.3. The molecular weight excluding hydrogens is 298 g/mol. The molecule has 2 aliphatic heterocycles. The largest absolute Gasteiger partial charge is 0.371 e. The van der Waals surface area contributed by atoms with Crippen molar-refractivity contribution in [2.75, 3.05) is 38.1 Å². The number of hydrogen-bond acceptors (Lipinski definition) is 3. The molecule has 1 aromatic rings. The van der Waals surface area contributed by atoms with Crippen molar-refractivity contribution in [2.24, 2.45) is 11.8 Å². The molecule has 1 N–H and O–H groups in total. The molecule has 0 radical (unpaired) electrons. The van der Waals surface area contributed by atoms with Gasteiger partial charge in [0.15, 0.2) is 0 Å². The topological polar surface area (TPSA) is 35.6 Å². The number of likely N-dealkylation sites (tertiary alicyclic amines) is 1. The number of rotatable bonds is 4. The third kappa shape index (κ3) is 4.50. The highest BCUT2D eigenvalue weighted by atomic mass is 16.1. The van der Waals surface area contributed by atoms with Crippen LogP contribution in [0.15, 0.2) is 24.3 Å². The van der Waals surface area contributed by atoms with Crippen molar-refractivity contribution in [3.05, 3.63) is 29.8 Å². The molecule has 3 rings (SSSR count). The molecule has 1 aromatic carbocycles. The van der Waals surface area contributed by atoms with Crippen LogP contribution in [-0.4, -0.2) is 44.0 Å². The van der Waals surface area contributed by atoms with Crippen LogP contribution in [0.2, 0.25) is 0 Å². The summed E-state index contributed by atoms with van der Waals surface area (Å²) in [5.41, 5.74) is 2.49. The van der Waals surface area contributed by atoms with Crippen LogP contribution < -0.4 is 10.2 Å². The highest BCUT2D eigenvalue weighted by Crippen LogP contribution is 2.23. The lowest BCUT2D eigenvalue weighted by molar-refractivity contribution is -0.126. The van der Waals surface area contributed by atoms with E-state index in [9.17, 15) is 4.79 Å². The fourth-order valence-electron chi connectivity index (χ4n) is 3.96. The van der Waals surface area contributed by atoms with Gasteiger partial charge in [-0.25, -0.2) is 0 Å². The summed E-state index contributed by atoms with van der Waals surface area (Å²) >= 11 is 0. The Kier molecular flexibility index (Phi) is 5.77. The van der Waals surface area contributed by atoms with E-state index in [1.54, 1.807) is 0 Å². The second-order valence-electron chi connectivity index (χ2n) is 7.68. The van der Waals surface area contributed by atoms with Gasteiger partial charge in [0.25, 0.3) is 0 Å². The highest BCUT2D eigenvalue weighted by molar-refractivity contribution is 5.79. The van der Waals surface area contributed by atoms with Crippen molar-refractivity contribution in [1.29, 1.82) is 0 Å². The zero-order valence-electron chi connectivity index (χ0n) is 15.1. The summed E-state index contributed by atoms with van der Waals surface area (Å²) in [6, 6.07) is 8.71. The summed E-state index contributed by atoms with van der Waals surface area (Å²) in [6.45, 7) is 7.29. The van der Waals surface area contributed by atoms with Crippen molar-refractivity contribution < 1.29 is 4.79 Å². The Morgan fingerprint density at radius 2 is 1.88 bits per heavy atom. The van der Waals surface area contributed by atoms with Crippen molar-refractivity contribution in [2.45, 2.75) is 39.2 Å². The molecule has 2 atom stereocenters. The van der Waals surface area contributed by atoms with E-state index in [0.717, 1.165) is 44.9 Å². The number of anilines is 1. The Labute approximate surface area is 146 Å². The maximum Gasteiger partial charge on any atom is 0.224 e. The first-order chi connectivity index (χ1) is 11.6. The fraction of sp³-hybridized carbons (Fsp3) is 0.650. The Hall–Kier alpha value is -1.55. The molecule has 2 saturated heterocycles. The van der Waals surface area contributed by atoms with Gasteiger partial charge in [-0.2, -0.15) is 0 Å². The standard InChI is InChI=1S/C20H31N3O/c1-16-5-3-12-23(14-16)19-9-7-17(8-10-19)13-21-20(24)18-6-4-11-22(2)15-18/h7-10,16,18H,3-6,11-15H2,1-2H3,(H,21,24)/t16-,18+/m1/s1. The average molecular weight is 329 g/mol. The van der Waals surface area contributed by atoms with Crippen LogP contribution in [0.5, 0.6) is 0 Å². The third-order valence-corrected chi connectivity index (χ3v) is 5.42. The second kappa shape index (κ2) is 8.02. The average Bonchev–Trinajstić information content (AvgIpc) is 2.60. The number of hydrogen-bond donors (Lipinski definition) is 1. The van der Waals surface area contributed by atoms with Gasteiger partial charge in [-0.1, -0.05) is 19.1 Å². The SMILES string of the molecule is C[C@@H]1CCCN(c2ccc(CNC(=O)[C@H]3CCCN(C)C3)cc2)C1. The lowest BCUT2D eigenvalue weighted by atomic mass is 9.97. The zero-order chi connectivity index (χ0) is 16.9. The van der Waals surface area contributed by atoms with E-state index in [2.05, 4.69) is 53.4 Å². The minimum absolute atomic E-state index is 0.151. The Balaban J connectivity index is 1.50. The summed E-state index contributed by atoms with van der Waals surface area (Å²) < 4.78 is 0. The number of nitrogens with zero attached hydrogens (tertiary/aromatic N) is 2. The molecule has 132 valence electrons. The molecule has 2 aliphatic rings. The normalized spacial score (nSPS) is 25.5. The van der Waals surface area contributed by atoms with Crippen LogP contribution in [0, 0.1) is 11.8 Å². The molecule has 0 unspecified atom stereocenters. The van der Waals surface area contributed by atoms with E-state index in [0.29, 0.717) is 6.54 Å². The third-order valence-electron chi connectivity index (χ3n) is 5.42. The fourth-order valence-corrected chi connectivity index (χ4v) is 3.96. The van der Waals surface area contributed by atoms with Crippen molar-refractivity contribution in [3.8, 4) is 0 Å². The zero-order valence-corrected chi connectivity index (χ0v) is 15.1. The highest BCUT2D eigenvalue weighted by Gasteiger charge is 2.23. The predicted molar refractivity (Wildman–Crippen MR) is 99.1 cm³/mol. The Bertz CT molecular complexity index is 542. The molecule has 0 bridgehead atoms. The molecular formula is C20H31N3O. The number of amides is 1. The molecule has 0 spiro atoms. The first-order valence-electron chi connectivity index (χ1n) is 9.42. The van der Waals surface area contributed by atoms with Gasteiger partial charge >= 0.3 is 0 Å². The van der Waals surface area contributed by atoms with Crippen molar-refractivity contribution in [1.82, 2.24) is 10.2 Å². The molecule has 24 heavy (non-hydrogen) atoms. The molecule has 0 saturated carbocycles. The Morgan fingerprint density at radius 1 is 1.12 bits per heavy atom. The smallest absolute Gasteiger partial charge is 0.224 e. The van der Waals surface area contributed by atoms with Gasteiger partial charge in [0.1, 0.15) is 0 Å². The Morgan fingerprint density at radius 3 is 2.58 bits per heavy atom.